The molecule has 1 aliphatic rings. The fraction of sp³-hybridized carbons (Fsp3) is 0.345. The van der Waals surface area contributed by atoms with Crippen molar-refractivity contribution in [2.75, 3.05) is 30.8 Å². The van der Waals surface area contributed by atoms with Gasteiger partial charge in [0.05, 0.1) is 0 Å². The Morgan fingerprint density at radius 2 is 1.65 bits per heavy atom. The van der Waals surface area contributed by atoms with E-state index < -0.39 is 0 Å². The van der Waals surface area contributed by atoms with Crippen LogP contribution in [0, 0.1) is 5.92 Å². The summed E-state index contributed by atoms with van der Waals surface area (Å²) < 4.78 is 5.80. The molecule has 1 unspecified atom stereocenters. The molecule has 0 saturated carbocycles. The number of ether oxygens (including phenoxy) is 1. The van der Waals surface area contributed by atoms with E-state index in [2.05, 4.69) is 41.6 Å². The molecule has 4 rings (SSSR count). The minimum Gasteiger partial charge on any atom is -0.457 e. The lowest BCUT2D eigenvalue weighted by Crippen LogP contribution is -2.30. The molecule has 1 aliphatic carbocycles. The first-order valence-corrected chi connectivity index (χ1v) is 12.3. The molecule has 34 heavy (non-hydrogen) atoms. The number of benzene rings is 3. The van der Waals surface area contributed by atoms with Crippen LogP contribution >= 0.6 is 0 Å². The smallest absolute Gasteiger partial charge is 0.323 e. The Morgan fingerprint density at radius 1 is 0.941 bits per heavy atom. The maximum atomic E-state index is 12.5. The number of rotatable bonds is 9. The monoisotopic (exact) mass is 457 g/mol. The van der Waals surface area contributed by atoms with Gasteiger partial charge in [0.1, 0.15) is 11.5 Å². The van der Waals surface area contributed by atoms with Crippen LogP contribution in [0.2, 0.25) is 0 Å². The summed E-state index contributed by atoms with van der Waals surface area (Å²) in [6.45, 7) is 4.59. The van der Waals surface area contributed by atoms with Gasteiger partial charge in [0.25, 0.3) is 0 Å². The van der Waals surface area contributed by atoms with Crippen LogP contribution in [0.4, 0.5) is 16.2 Å². The van der Waals surface area contributed by atoms with Crippen molar-refractivity contribution in [2.24, 2.45) is 5.92 Å². The standard InChI is InChI=1S/C29H35N3O2/c1-3-4-18-32(2)21-22-10-11-24-20-26(13-12-23(24)19-22)31-29(33)30-25-14-16-28(17-15-25)34-27-8-6-5-7-9-27/h5-9,12-17,20,22H,3-4,10-11,18-19,21H2,1-2H3,(H2,30,31,33). The Hall–Kier alpha value is -3.31. The molecule has 0 aliphatic heterocycles. The molecule has 0 bridgehead atoms. The summed E-state index contributed by atoms with van der Waals surface area (Å²) in [7, 11) is 2.24. The van der Waals surface area contributed by atoms with Crippen LogP contribution in [0.15, 0.2) is 72.8 Å². The summed E-state index contributed by atoms with van der Waals surface area (Å²) in [5.41, 5.74) is 4.32. The van der Waals surface area contributed by atoms with Crippen molar-refractivity contribution >= 4 is 17.4 Å². The third-order valence-electron chi connectivity index (χ3n) is 6.35. The second-order valence-corrected chi connectivity index (χ2v) is 9.23. The Kier molecular flexibility index (Phi) is 8.21. The van der Waals surface area contributed by atoms with E-state index in [0.29, 0.717) is 11.6 Å². The Balaban J connectivity index is 1.28. The molecule has 3 aromatic carbocycles. The molecule has 1 atom stereocenters. The van der Waals surface area contributed by atoms with Gasteiger partial charge in [-0.15, -0.1) is 0 Å². The van der Waals surface area contributed by atoms with Crippen molar-refractivity contribution in [3.05, 3.63) is 83.9 Å². The number of aryl methyl sites for hydroxylation is 1. The number of urea groups is 1. The molecular formula is C29H35N3O2. The fourth-order valence-corrected chi connectivity index (χ4v) is 4.55. The van der Waals surface area contributed by atoms with Gasteiger partial charge in [-0.2, -0.15) is 0 Å². The van der Waals surface area contributed by atoms with Crippen molar-refractivity contribution in [1.29, 1.82) is 0 Å². The lowest BCUT2D eigenvalue weighted by atomic mass is 9.83. The number of nitrogens with one attached hydrogen (secondary N) is 2. The Morgan fingerprint density at radius 3 is 2.41 bits per heavy atom. The Bertz CT molecular complexity index is 1070. The van der Waals surface area contributed by atoms with Crippen LogP contribution in [0.25, 0.3) is 0 Å². The van der Waals surface area contributed by atoms with E-state index >= 15 is 0 Å². The first-order valence-electron chi connectivity index (χ1n) is 12.3. The predicted octanol–water partition coefficient (Wildman–Crippen LogP) is 6.96. The maximum absolute atomic E-state index is 12.5. The number of para-hydroxylation sites is 1. The predicted molar refractivity (Wildman–Crippen MR) is 140 cm³/mol. The number of anilines is 2. The molecule has 2 amide bonds. The normalized spacial score (nSPS) is 15.0. The molecule has 0 heterocycles. The number of fused-ring (bicyclic) bond motifs is 1. The first kappa shape index (κ1) is 23.8. The van der Waals surface area contributed by atoms with E-state index in [4.69, 9.17) is 4.74 Å². The maximum Gasteiger partial charge on any atom is 0.323 e. The molecule has 5 heteroatoms. The lowest BCUT2D eigenvalue weighted by Gasteiger charge is -2.29. The summed E-state index contributed by atoms with van der Waals surface area (Å²) >= 11 is 0. The number of hydrogen-bond acceptors (Lipinski definition) is 3. The average molecular weight is 458 g/mol. The second-order valence-electron chi connectivity index (χ2n) is 9.23. The van der Waals surface area contributed by atoms with Crippen molar-refractivity contribution in [2.45, 2.75) is 39.0 Å². The summed E-state index contributed by atoms with van der Waals surface area (Å²) in [6, 6.07) is 23.1. The highest BCUT2D eigenvalue weighted by atomic mass is 16.5. The number of unbranched alkanes of at least 4 members (excludes halogenated alkanes) is 1. The van der Waals surface area contributed by atoms with Crippen molar-refractivity contribution < 1.29 is 9.53 Å². The zero-order valence-electron chi connectivity index (χ0n) is 20.2. The third kappa shape index (κ3) is 6.84. The van der Waals surface area contributed by atoms with Crippen molar-refractivity contribution in [3.8, 4) is 11.5 Å². The van der Waals surface area contributed by atoms with Gasteiger partial charge < -0.3 is 20.3 Å². The minimum atomic E-state index is -0.247. The second kappa shape index (κ2) is 11.7. The van der Waals surface area contributed by atoms with Gasteiger partial charge in [-0.25, -0.2) is 4.79 Å². The summed E-state index contributed by atoms with van der Waals surface area (Å²) in [5, 5.41) is 5.87. The van der Waals surface area contributed by atoms with Gasteiger partial charge in [-0.1, -0.05) is 37.6 Å². The Labute approximate surface area is 203 Å². The van der Waals surface area contributed by atoms with Crippen molar-refractivity contribution in [3.63, 3.8) is 0 Å². The number of carbonyl (C=O) groups excluding carboxylic acids is 1. The van der Waals surface area contributed by atoms with E-state index in [1.807, 2.05) is 60.7 Å². The largest absolute Gasteiger partial charge is 0.457 e. The van der Waals surface area contributed by atoms with Gasteiger partial charge in [-0.3, -0.25) is 0 Å². The van der Waals surface area contributed by atoms with Gasteiger partial charge in [0.15, 0.2) is 0 Å². The number of hydrogen-bond donors (Lipinski definition) is 2. The van der Waals surface area contributed by atoms with Crippen LogP contribution in [0.5, 0.6) is 11.5 Å². The topological polar surface area (TPSA) is 53.6 Å². The number of carbonyl (C=O) groups is 1. The highest BCUT2D eigenvalue weighted by Gasteiger charge is 2.20. The molecule has 2 N–H and O–H groups in total. The summed E-state index contributed by atoms with van der Waals surface area (Å²) in [4.78, 5) is 15.0. The zero-order valence-corrected chi connectivity index (χ0v) is 20.2. The van der Waals surface area contributed by atoms with E-state index in [1.165, 1.54) is 36.9 Å². The van der Waals surface area contributed by atoms with E-state index in [1.54, 1.807) is 0 Å². The quantitative estimate of drug-likeness (QED) is 0.365. The lowest BCUT2D eigenvalue weighted by molar-refractivity contribution is 0.257. The summed E-state index contributed by atoms with van der Waals surface area (Å²) in [6.07, 6.45) is 5.91. The highest BCUT2D eigenvalue weighted by Crippen LogP contribution is 2.29. The first-order chi connectivity index (χ1) is 16.6. The van der Waals surface area contributed by atoms with Gasteiger partial charge in [0.2, 0.25) is 0 Å². The van der Waals surface area contributed by atoms with Crippen LogP contribution in [-0.4, -0.2) is 31.1 Å². The highest BCUT2D eigenvalue weighted by molar-refractivity contribution is 5.99. The van der Waals surface area contributed by atoms with Crippen LogP contribution in [-0.2, 0) is 12.8 Å². The minimum absolute atomic E-state index is 0.247. The number of nitrogens with zero attached hydrogens (tertiary/aromatic N) is 1. The fourth-order valence-electron chi connectivity index (χ4n) is 4.55. The van der Waals surface area contributed by atoms with Crippen LogP contribution in [0.1, 0.15) is 37.3 Å². The molecule has 0 fully saturated rings. The molecule has 0 radical (unpaired) electrons. The zero-order chi connectivity index (χ0) is 23.8. The van der Waals surface area contributed by atoms with E-state index in [0.717, 1.165) is 36.6 Å². The molecule has 0 aromatic heterocycles. The summed E-state index contributed by atoms with van der Waals surface area (Å²) in [5.74, 6) is 2.22. The SMILES string of the molecule is CCCCN(C)CC1CCc2cc(NC(=O)Nc3ccc(Oc4ccccc4)cc3)ccc2C1. The molecule has 178 valence electrons. The van der Waals surface area contributed by atoms with Crippen LogP contribution < -0.4 is 15.4 Å². The van der Waals surface area contributed by atoms with Gasteiger partial charge in [0, 0.05) is 17.9 Å². The van der Waals surface area contributed by atoms with Crippen molar-refractivity contribution in [1.82, 2.24) is 4.90 Å². The average Bonchev–Trinajstić information content (AvgIpc) is 2.84. The van der Waals surface area contributed by atoms with Crippen LogP contribution in [0.3, 0.4) is 0 Å². The van der Waals surface area contributed by atoms with E-state index in [-0.39, 0.29) is 6.03 Å². The van der Waals surface area contributed by atoms with Gasteiger partial charge in [-0.05, 0) is 105 Å². The molecule has 0 spiro atoms. The molecule has 3 aromatic rings. The number of amides is 2. The third-order valence-corrected chi connectivity index (χ3v) is 6.35. The van der Waals surface area contributed by atoms with Gasteiger partial charge >= 0.3 is 6.03 Å². The molecule has 0 saturated heterocycles. The molecular weight excluding hydrogens is 422 g/mol. The van der Waals surface area contributed by atoms with E-state index in [9.17, 15) is 4.79 Å². The molecule has 5 nitrogen and oxygen atoms in total.